The van der Waals surface area contributed by atoms with E-state index in [0.29, 0.717) is 5.56 Å². The lowest BCUT2D eigenvalue weighted by Crippen LogP contribution is -2.25. The number of anilines is 1. The van der Waals surface area contributed by atoms with Crippen molar-refractivity contribution in [2.75, 3.05) is 5.32 Å². The van der Waals surface area contributed by atoms with Crippen LogP contribution in [0.25, 0.3) is 11.1 Å². The maximum atomic E-state index is 12.6. The number of aliphatic carboxylic acids is 1. The van der Waals surface area contributed by atoms with Crippen molar-refractivity contribution in [1.82, 2.24) is 9.55 Å². The number of hydrogen-bond acceptors (Lipinski definition) is 5. The van der Waals surface area contributed by atoms with Crippen LogP contribution < -0.4 is 10.9 Å². The van der Waals surface area contributed by atoms with Gasteiger partial charge in [-0.1, -0.05) is 18.2 Å². The second-order valence-corrected chi connectivity index (χ2v) is 5.85. The molecule has 0 saturated heterocycles. The third-order valence-electron chi connectivity index (χ3n) is 3.92. The number of hydrogen-bond donors (Lipinski definition) is 2. The summed E-state index contributed by atoms with van der Waals surface area (Å²) in [6.45, 7) is -0.579. The van der Waals surface area contributed by atoms with Gasteiger partial charge in [0.15, 0.2) is 0 Å². The number of nitriles is 1. The van der Waals surface area contributed by atoms with E-state index in [4.69, 9.17) is 5.11 Å². The van der Waals surface area contributed by atoms with Gasteiger partial charge in [-0.3, -0.25) is 19.4 Å². The van der Waals surface area contributed by atoms with Crippen molar-refractivity contribution >= 4 is 17.6 Å². The van der Waals surface area contributed by atoms with Crippen LogP contribution in [-0.4, -0.2) is 26.5 Å². The maximum Gasteiger partial charge on any atom is 0.323 e. The van der Waals surface area contributed by atoms with Gasteiger partial charge < -0.3 is 15.0 Å². The first-order valence-electron chi connectivity index (χ1n) is 8.16. The van der Waals surface area contributed by atoms with Crippen LogP contribution in [0.15, 0.2) is 65.8 Å². The Labute approximate surface area is 159 Å². The summed E-state index contributed by atoms with van der Waals surface area (Å²) in [5, 5.41) is 20.7. The molecule has 0 aliphatic carbocycles. The minimum atomic E-state index is -1.21. The first-order valence-corrected chi connectivity index (χ1v) is 8.16. The van der Waals surface area contributed by atoms with E-state index in [0.717, 1.165) is 28.0 Å². The predicted molar refractivity (Wildman–Crippen MR) is 101 cm³/mol. The van der Waals surface area contributed by atoms with Crippen molar-refractivity contribution in [3.05, 3.63) is 82.5 Å². The van der Waals surface area contributed by atoms with E-state index in [1.165, 1.54) is 0 Å². The summed E-state index contributed by atoms with van der Waals surface area (Å²) in [6, 6.07) is 13.3. The molecule has 0 fully saturated rings. The number of nitrogens with one attached hydrogen (secondary N) is 1. The Morgan fingerprint density at radius 1 is 1.18 bits per heavy atom. The second kappa shape index (κ2) is 7.97. The lowest BCUT2D eigenvalue weighted by atomic mass is 10.0. The fourth-order valence-electron chi connectivity index (χ4n) is 2.60. The summed E-state index contributed by atoms with van der Waals surface area (Å²) in [4.78, 5) is 39.5. The fourth-order valence-corrected chi connectivity index (χ4v) is 2.60. The lowest BCUT2D eigenvalue weighted by Gasteiger charge is -2.11. The number of carboxylic acid groups (broad SMARTS) is 1. The zero-order valence-electron chi connectivity index (χ0n) is 14.5. The molecule has 2 heterocycles. The Morgan fingerprint density at radius 2 is 1.96 bits per heavy atom. The van der Waals surface area contributed by atoms with Crippen molar-refractivity contribution in [2.45, 2.75) is 6.54 Å². The molecule has 0 radical (unpaired) electrons. The van der Waals surface area contributed by atoms with Crippen molar-refractivity contribution in [3.8, 4) is 17.2 Å². The molecule has 3 rings (SSSR count). The number of amides is 1. The summed E-state index contributed by atoms with van der Waals surface area (Å²) in [7, 11) is 0. The van der Waals surface area contributed by atoms with Gasteiger partial charge in [0.2, 0.25) is 0 Å². The van der Waals surface area contributed by atoms with Gasteiger partial charge >= 0.3 is 5.97 Å². The highest BCUT2D eigenvalue weighted by molar-refractivity contribution is 6.05. The number of pyridine rings is 2. The molecule has 2 aromatic heterocycles. The van der Waals surface area contributed by atoms with Gasteiger partial charge in [-0.2, -0.15) is 5.26 Å². The summed E-state index contributed by atoms with van der Waals surface area (Å²) >= 11 is 0. The molecule has 1 aromatic carbocycles. The predicted octanol–water partition coefficient (Wildman–Crippen LogP) is 2.12. The van der Waals surface area contributed by atoms with Crippen molar-refractivity contribution in [1.29, 1.82) is 5.26 Å². The number of benzene rings is 1. The molecule has 8 heteroatoms. The Morgan fingerprint density at radius 3 is 2.64 bits per heavy atom. The monoisotopic (exact) mass is 374 g/mol. The number of aromatic nitrogens is 2. The van der Waals surface area contributed by atoms with Gasteiger partial charge in [-0.05, 0) is 23.8 Å². The van der Waals surface area contributed by atoms with Crippen molar-refractivity contribution in [2.24, 2.45) is 0 Å². The van der Waals surface area contributed by atoms with Crippen LogP contribution in [0.3, 0.4) is 0 Å². The molecular formula is C20H14N4O4. The zero-order valence-corrected chi connectivity index (χ0v) is 14.5. The first-order chi connectivity index (χ1) is 13.5. The average molecular weight is 374 g/mol. The van der Waals surface area contributed by atoms with E-state index in [-0.39, 0.29) is 11.3 Å². The molecule has 0 unspecified atom stereocenters. The lowest BCUT2D eigenvalue weighted by molar-refractivity contribution is -0.137. The average Bonchev–Trinajstić information content (AvgIpc) is 2.70. The van der Waals surface area contributed by atoms with E-state index in [9.17, 15) is 19.6 Å². The third-order valence-corrected chi connectivity index (χ3v) is 3.92. The number of nitrogens with zero attached hydrogens (tertiary/aromatic N) is 3. The van der Waals surface area contributed by atoms with Crippen LogP contribution in [-0.2, 0) is 11.3 Å². The molecule has 3 aromatic rings. The summed E-state index contributed by atoms with van der Waals surface area (Å²) in [5.41, 5.74) is 1.32. The van der Waals surface area contributed by atoms with Crippen LogP contribution in [0.1, 0.15) is 15.9 Å². The molecule has 0 aliphatic rings. The Hall–Kier alpha value is -4.25. The molecule has 1 amide bonds. The summed E-state index contributed by atoms with van der Waals surface area (Å²) in [5.74, 6) is -1.71. The highest BCUT2D eigenvalue weighted by Crippen LogP contribution is 2.20. The van der Waals surface area contributed by atoms with E-state index in [2.05, 4.69) is 10.3 Å². The Balaban J connectivity index is 1.92. The smallest absolute Gasteiger partial charge is 0.323 e. The van der Waals surface area contributed by atoms with E-state index in [1.807, 2.05) is 18.2 Å². The minimum Gasteiger partial charge on any atom is -0.480 e. The highest BCUT2D eigenvalue weighted by atomic mass is 16.4. The van der Waals surface area contributed by atoms with Crippen LogP contribution in [0.2, 0.25) is 0 Å². The molecule has 0 saturated carbocycles. The molecule has 0 bridgehead atoms. The second-order valence-electron chi connectivity index (χ2n) is 5.85. The van der Waals surface area contributed by atoms with E-state index < -0.39 is 24.0 Å². The van der Waals surface area contributed by atoms with Gasteiger partial charge in [0.25, 0.3) is 11.5 Å². The summed E-state index contributed by atoms with van der Waals surface area (Å²) in [6.07, 6.45) is 4.47. The van der Waals surface area contributed by atoms with Gasteiger partial charge in [-0.25, -0.2) is 0 Å². The molecule has 2 N–H and O–H groups in total. The molecule has 8 nitrogen and oxygen atoms in total. The van der Waals surface area contributed by atoms with Crippen molar-refractivity contribution < 1.29 is 14.7 Å². The molecule has 0 atom stereocenters. The first kappa shape index (κ1) is 18.5. The standard InChI is InChI=1S/C20H14N4O4/c21-9-16-8-18(25)24(12-19(26)27)11-17(16)23-20(28)14-4-1-3-13(7-14)15-5-2-6-22-10-15/h1-8,10-11H,12H2,(H,23,28)(H,26,27). The topological polar surface area (TPSA) is 125 Å². The van der Waals surface area contributed by atoms with Gasteiger partial charge in [0.1, 0.15) is 12.6 Å². The Bertz CT molecular complexity index is 1150. The zero-order chi connectivity index (χ0) is 20.1. The minimum absolute atomic E-state index is 0.0524. The van der Waals surface area contributed by atoms with Crippen LogP contribution in [0, 0.1) is 11.3 Å². The largest absolute Gasteiger partial charge is 0.480 e. The Kier molecular flexibility index (Phi) is 5.28. The normalized spacial score (nSPS) is 10.1. The van der Waals surface area contributed by atoms with Crippen molar-refractivity contribution in [3.63, 3.8) is 0 Å². The SMILES string of the molecule is N#Cc1cc(=O)n(CC(=O)O)cc1NC(=O)c1cccc(-c2cccnc2)c1. The van der Waals surface area contributed by atoms with Gasteiger partial charge in [0.05, 0.1) is 11.3 Å². The molecular weight excluding hydrogens is 360 g/mol. The maximum absolute atomic E-state index is 12.6. The van der Waals surface area contributed by atoms with Crippen LogP contribution in [0.4, 0.5) is 5.69 Å². The molecule has 28 heavy (non-hydrogen) atoms. The van der Waals surface area contributed by atoms with Crippen LogP contribution >= 0.6 is 0 Å². The number of rotatable bonds is 5. The number of carboxylic acids is 1. The third kappa shape index (κ3) is 4.11. The molecule has 0 spiro atoms. The van der Waals surface area contributed by atoms with E-state index in [1.54, 1.807) is 36.7 Å². The van der Waals surface area contributed by atoms with Gasteiger partial charge in [0, 0.05) is 35.8 Å². The van der Waals surface area contributed by atoms with E-state index >= 15 is 0 Å². The summed E-state index contributed by atoms with van der Waals surface area (Å²) < 4.78 is 0.908. The highest BCUT2D eigenvalue weighted by Gasteiger charge is 2.13. The number of carbonyl (C=O) groups excluding carboxylic acids is 1. The fraction of sp³-hybridized carbons (Fsp3) is 0.0500. The molecule has 138 valence electrons. The number of carbonyl (C=O) groups is 2. The van der Waals surface area contributed by atoms with Gasteiger partial charge in [-0.15, -0.1) is 0 Å². The van der Waals surface area contributed by atoms with Crippen LogP contribution in [0.5, 0.6) is 0 Å². The quantitative estimate of drug-likeness (QED) is 0.705. The molecule has 0 aliphatic heterocycles.